The van der Waals surface area contributed by atoms with Crippen molar-refractivity contribution in [2.45, 2.75) is 51.9 Å². The van der Waals surface area contributed by atoms with Gasteiger partial charge in [0, 0.05) is 58.4 Å². The highest BCUT2D eigenvalue weighted by Gasteiger charge is 2.27. The number of carbonyl (C=O) groups is 2. The van der Waals surface area contributed by atoms with Crippen molar-refractivity contribution in [1.29, 1.82) is 0 Å². The number of rotatable bonds is 9. The van der Waals surface area contributed by atoms with Gasteiger partial charge in [-0.05, 0) is 31.6 Å². The highest BCUT2D eigenvalue weighted by atomic mass is 16.5. The van der Waals surface area contributed by atoms with E-state index in [1.807, 2.05) is 4.90 Å². The number of unbranched alkanes of at least 4 members (excludes halogenated alkanes) is 1. The van der Waals surface area contributed by atoms with Gasteiger partial charge in [0.05, 0.1) is 7.11 Å². The van der Waals surface area contributed by atoms with E-state index in [9.17, 15) is 9.59 Å². The first-order chi connectivity index (χ1) is 15.0. The van der Waals surface area contributed by atoms with Crippen molar-refractivity contribution in [3.63, 3.8) is 0 Å². The van der Waals surface area contributed by atoms with Gasteiger partial charge in [0.25, 0.3) is 5.91 Å². The highest BCUT2D eigenvalue weighted by molar-refractivity contribution is 5.96. The number of nitrogens with one attached hydrogen (secondary N) is 1. The highest BCUT2D eigenvalue weighted by Crippen LogP contribution is 2.31. The molecule has 0 unspecified atom stereocenters. The Kier molecular flexibility index (Phi) is 8.75. The molecular weight excluding hydrogens is 394 g/mol. The Bertz CT molecular complexity index is 719. The summed E-state index contributed by atoms with van der Waals surface area (Å²) in [4.78, 5) is 29.5. The summed E-state index contributed by atoms with van der Waals surface area (Å²) in [6.45, 7) is 6.72. The molecule has 1 saturated carbocycles. The van der Waals surface area contributed by atoms with Crippen LogP contribution in [0.5, 0.6) is 5.88 Å². The molecule has 2 aliphatic rings. The fraction of sp³-hybridized carbons (Fsp3) is 0.783. The minimum Gasteiger partial charge on any atom is -0.479 e. The van der Waals surface area contributed by atoms with E-state index in [0.717, 1.165) is 38.4 Å². The number of amides is 2. The van der Waals surface area contributed by atoms with Crippen LogP contribution in [0.1, 0.15) is 62.2 Å². The first-order valence-electron chi connectivity index (χ1n) is 11.9. The molecule has 1 aromatic heterocycles. The fourth-order valence-electron chi connectivity index (χ4n) is 4.80. The molecule has 1 aromatic rings. The number of piperazine rings is 1. The zero-order valence-corrected chi connectivity index (χ0v) is 19.4. The third-order valence-corrected chi connectivity index (χ3v) is 6.79. The zero-order chi connectivity index (χ0) is 22.2. The molecule has 1 aliphatic heterocycles. The minimum absolute atomic E-state index is 0.0348. The summed E-state index contributed by atoms with van der Waals surface area (Å²) in [5.41, 5.74) is 0.509. The number of nitrogens with zero attached hydrogens (tertiary/aromatic N) is 4. The van der Waals surface area contributed by atoms with Gasteiger partial charge in [0.2, 0.25) is 11.8 Å². The molecule has 2 amide bonds. The van der Waals surface area contributed by atoms with Gasteiger partial charge in [-0.2, -0.15) is 0 Å². The van der Waals surface area contributed by atoms with E-state index in [-0.39, 0.29) is 17.7 Å². The number of methoxy groups -OCH3 is 1. The summed E-state index contributed by atoms with van der Waals surface area (Å²) in [5.74, 6) is 1.59. The second-order valence-corrected chi connectivity index (χ2v) is 9.01. The Balaban J connectivity index is 1.33. The van der Waals surface area contributed by atoms with E-state index >= 15 is 0 Å². The second kappa shape index (κ2) is 11.5. The summed E-state index contributed by atoms with van der Waals surface area (Å²) in [7, 11) is 3.31. The number of carbonyl (C=O) groups excluding carboxylic acids is 2. The molecule has 0 aromatic carbocycles. The molecule has 0 spiro atoms. The molecule has 31 heavy (non-hydrogen) atoms. The van der Waals surface area contributed by atoms with Crippen LogP contribution in [0.4, 0.5) is 0 Å². The Morgan fingerprint density at radius 2 is 1.87 bits per heavy atom. The summed E-state index contributed by atoms with van der Waals surface area (Å²) in [5, 5.41) is 7.32. The first kappa shape index (κ1) is 23.6. The van der Waals surface area contributed by atoms with Crippen LogP contribution in [0, 0.1) is 11.8 Å². The molecule has 8 nitrogen and oxygen atoms in total. The Morgan fingerprint density at radius 3 is 2.52 bits per heavy atom. The lowest BCUT2D eigenvalue weighted by molar-refractivity contribution is -0.126. The Morgan fingerprint density at radius 1 is 1.16 bits per heavy atom. The Hall–Kier alpha value is -2.09. The van der Waals surface area contributed by atoms with Crippen LogP contribution in [-0.2, 0) is 11.8 Å². The van der Waals surface area contributed by atoms with E-state index in [1.165, 1.54) is 39.2 Å². The lowest BCUT2D eigenvalue weighted by Gasteiger charge is -2.34. The average Bonchev–Trinajstić information content (AvgIpc) is 3.18. The quantitative estimate of drug-likeness (QED) is 0.646. The third kappa shape index (κ3) is 6.45. The molecule has 8 heteroatoms. The third-order valence-electron chi connectivity index (χ3n) is 6.79. The molecule has 0 radical (unpaired) electrons. The van der Waals surface area contributed by atoms with Crippen molar-refractivity contribution in [1.82, 2.24) is 24.9 Å². The van der Waals surface area contributed by atoms with Crippen molar-refractivity contribution < 1.29 is 14.3 Å². The van der Waals surface area contributed by atoms with Gasteiger partial charge in [-0.15, -0.1) is 5.10 Å². The zero-order valence-electron chi connectivity index (χ0n) is 19.4. The minimum atomic E-state index is -0.0348. The van der Waals surface area contributed by atoms with Crippen molar-refractivity contribution in [3.05, 3.63) is 11.8 Å². The van der Waals surface area contributed by atoms with Crippen LogP contribution < -0.4 is 10.1 Å². The normalized spacial score (nSPS) is 22.4. The van der Waals surface area contributed by atoms with Crippen LogP contribution in [0.25, 0.3) is 0 Å². The molecule has 2 heterocycles. The molecular formula is C23H39N5O3. The molecule has 1 N–H and O–H groups in total. The lowest BCUT2D eigenvalue weighted by atomic mass is 9.79. The van der Waals surface area contributed by atoms with E-state index in [2.05, 4.69) is 22.2 Å². The second-order valence-electron chi connectivity index (χ2n) is 9.01. The van der Waals surface area contributed by atoms with E-state index < -0.39 is 0 Å². The first-order valence-corrected chi connectivity index (χ1v) is 11.9. The van der Waals surface area contributed by atoms with Crippen molar-refractivity contribution in [2.24, 2.45) is 18.9 Å². The van der Waals surface area contributed by atoms with Crippen LogP contribution in [0.15, 0.2) is 6.20 Å². The van der Waals surface area contributed by atoms with Gasteiger partial charge in [-0.1, -0.05) is 26.2 Å². The molecule has 2 fully saturated rings. The smallest absolute Gasteiger partial charge is 0.261 e. The number of aryl methyl sites for hydroxylation is 1. The molecule has 1 aliphatic carbocycles. The predicted molar refractivity (Wildman–Crippen MR) is 120 cm³/mol. The maximum atomic E-state index is 12.8. The van der Waals surface area contributed by atoms with Gasteiger partial charge in [0.1, 0.15) is 5.56 Å². The maximum absolute atomic E-state index is 12.8. The molecule has 0 bridgehead atoms. The van der Waals surface area contributed by atoms with Crippen molar-refractivity contribution >= 4 is 11.8 Å². The van der Waals surface area contributed by atoms with Crippen molar-refractivity contribution in [3.8, 4) is 5.88 Å². The summed E-state index contributed by atoms with van der Waals surface area (Å²) in [6, 6.07) is 0. The van der Waals surface area contributed by atoms with Crippen LogP contribution >= 0.6 is 0 Å². The molecule has 3 rings (SSSR count). The SMILES string of the molecule is CCCCC1CCC(C(=O)NCCN2CCN(C(=O)c3cn(C)nc3OC)CC2)CC1. The van der Waals surface area contributed by atoms with Crippen LogP contribution in [-0.4, -0.2) is 77.8 Å². The van der Waals surface area contributed by atoms with E-state index in [4.69, 9.17) is 4.74 Å². The average molecular weight is 434 g/mol. The van der Waals surface area contributed by atoms with Gasteiger partial charge < -0.3 is 15.0 Å². The Labute approximate surface area is 186 Å². The summed E-state index contributed by atoms with van der Waals surface area (Å²) in [6.07, 6.45) is 10.1. The molecule has 0 atom stereocenters. The predicted octanol–water partition coefficient (Wildman–Crippen LogP) is 2.30. The summed E-state index contributed by atoms with van der Waals surface area (Å²) >= 11 is 0. The number of hydrogen-bond acceptors (Lipinski definition) is 5. The van der Waals surface area contributed by atoms with Gasteiger partial charge in [0.15, 0.2) is 0 Å². The molecule has 174 valence electrons. The van der Waals surface area contributed by atoms with Gasteiger partial charge in [-0.25, -0.2) is 0 Å². The monoisotopic (exact) mass is 433 g/mol. The number of hydrogen-bond donors (Lipinski definition) is 1. The topological polar surface area (TPSA) is 79.7 Å². The molecule has 1 saturated heterocycles. The fourth-order valence-corrected chi connectivity index (χ4v) is 4.80. The van der Waals surface area contributed by atoms with Crippen LogP contribution in [0.3, 0.4) is 0 Å². The van der Waals surface area contributed by atoms with E-state index in [0.29, 0.717) is 31.1 Å². The van der Waals surface area contributed by atoms with Gasteiger partial charge >= 0.3 is 0 Å². The van der Waals surface area contributed by atoms with Crippen molar-refractivity contribution in [2.75, 3.05) is 46.4 Å². The van der Waals surface area contributed by atoms with E-state index in [1.54, 1.807) is 17.9 Å². The number of aromatic nitrogens is 2. The maximum Gasteiger partial charge on any atom is 0.261 e. The van der Waals surface area contributed by atoms with Gasteiger partial charge in [-0.3, -0.25) is 19.2 Å². The lowest BCUT2D eigenvalue weighted by Crippen LogP contribution is -2.50. The summed E-state index contributed by atoms with van der Waals surface area (Å²) < 4.78 is 6.82. The van der Waals surface area contributed by atoms with Crippen LogP contribution in [0.2, 0.25) is 0 Å². The number of ether oxygens (including phenoxy) is 1. The largest absolute Gasteiger partial charge is 0.479 e. The standard InChI is InChI=1S/C23H39N5O3/c1-4-5-6-18-7-9-19(10-8-18)21(29)24-11-12-27-13-15-28(16-14-27)23(30)20-17-26(2)25-22(20)31-3/h17-19H,4-16H2,1-3H3,(H,24,29).